The van der Waals surface area contributed by atoms with Crippen LogP contribution in [0.25, 0.3) is 0 Å². The van der Waals surface area contributed by atoms with Crippen LogP contribution in [-0.4, -0.2) is 31.5 Å². The van der Waals surface area contributed by atoms with E-state index in [0.717, 1.165) is 11.1 Å². The molecule has 1 N–H and O–H groups in total. The highest BCUT2D eigenvalue weighted by Crippen LogP contribution is 2.34. The van der Waals surface area contributed by atoms with Crippen molar-refractivity contribution in [2.75, 3.05) is 14.2 Å². The lowest BCUT2D eigenvalue weighted by Crippen LogP contribution is -2.21. The molecule has 0 radical (unpaired) electrons. The van der Waals surface area contributed by atoms with Crippen molar-refractivity contribution in [2.45, 2.75) is 5.25 Å². The zero-order valence-corrected chi connectivity index (χ0v) is 14.6. The average molecular weight is 355 g/mol. The summed E-state index contributed by atoms with van der Waals surface area (Å²) in [6, 6.07) is 15.0. The fourth-order valence-corrected chi connectivity index (χ4v) is 3.27. The fraction of sp³-hybridized carbons (Fsp3) is 0.167. The molecule has 1 fully saturated rings. The maximum absolute atomic E-state index is 12.1. The van der Waals surface area contributed by atoms with Crippen molar-refractivity contribution in [1.29, 1.82) is 0 Å². The van der Waals surface area contributed by atoms with Gasteiger partial charge >= 0.3 is 0 Å². The van der Waals surface area contributed by atoms with Crippen LogP contribution in [0.5, 0.6) is 11.5 Å². The van der Waals surface area contributed by atoms with Crippen molar-refractivity contribution >= 4 is 29.1 Å². The number of nitrogens with zero attached hydrogens (tertiary/aromatic N) is 2. The first kappa shape index (κ1) is 17.0. The van der Waals surface area contributed by atoms with E-state index in [1.54, 1.807) is 26.5 Å². The van der Waals surface area contributed by atoms with Crippen molar-refractivity contribution in [2.24, 2.45) is 10.2 Å². The van der Waals surface area contributed by atoms with Gasteiger partial charge in [0.15, 0.2) is 5.17 Å². The van der Waals surface area contributed by atoms with Gasteiger partial charge in [0.2, 0.25) is 5.91 Å². The van der Waals surface area contributed by atoms with Gasteiger partial charge in [-0.1, -0.05) is 42.1 Å². The molecule has 0 saturated carbocycles. The second kappa shape index (κ2) is 7.85. The van der Waals surface area contributed by atoms with Gasteiger partial charge in [-0.05, 0) is 17.7 Å². The summed E-state index contributed by atoms with van der Waals surface area (Å²) in [4.78, 5) is 12.1. The van der Waals surface area contributed by atoms with Crippen molar-refractivity contribution < 1.29 is 14.3 Å². The molecule has 1 saturated heterocycles. The third kappa shape index (κ3) is 4.00. The standard InChI is InChI=1S/C18H17N3O3S/c1-23-14-9-8-13(15(10-14)24-2)11-19-21-18-20-17(22)16(25-18)12-6-4-3-5-7-12/h3-11,16H,1-2H3,(H,20,21,22)/b19-11+/t16-/m0/s1. The molecule has 6 nitrogen and oxygen atoms in total. The molecule has 0 unspecified atom stereocenters. The number of hydrogen-bond donors (Lipinski definition) is 1. The minimum Gasteiger partial charge on any atom is -0.497 e. The molecule has 2 aromatic rings. The van der Waals surface area contributed by atoms with E-state index in [4.69, 9.17) is 9.47 Å². The third-order valence-corrected chi connectivity index (χ3v) is 4.72. The average Bonchev–Trinajstić information content (AvgIpc) is 3.03. The van der Waals surface area contributed by atoms with Gasteiger partial charge in [0.05, 0.1) is 20.4 Å². The third-order valence-electron chi connectivity index (χ3n) is 3.59. The molecule has 1 aliphatic heterocycles. The van der Waals surface area contributed by atoms with Crippen LogP contribution in [0.1, 0.15) is 16.4 Å². The quantitative estimate of drug-likeness (QED) is 0.661. The Labute approximate surface area is 149 Å². The van der Waals surface area contributed by atoms with Crippen molar-refractivity contribution in [3.63, 3.8) is 0 Å². The number of benzene rings is 2. The van der Waals surface area contributed by atoms with Gasteiger partial charge in [-0.25, -0.2) is 0 Å². The van der Waals surface area contributed by atoms with Crippen LogP contribution in [0.3, 0.4) is 0 Å². The van der Waals surface area contributed by atoms with Gasteiger partial charge in [0, 0.05) is 11.6 Å². The summed E-state index contributed by atoms with van der Waals surface area (Å²) in [6.45, 7) is 0. The summed E-state index contributed by atoms with van der Waals surface area (Å²) in [5, 5.41) is 11.1. The van der Waals surface area contributed by atoms with E-state index in [9.17, 15) is 4.79 Å². The molecular formula is C18H17N3O3S. The van der Waals surface area contributed by atoms with E-state index in [-0.39, 0.29) is 11.2 Å². The number of carbonyl (C=O) groups excluding carboxylic acids is 1. The van der Waals surface area contributed by atoms with Crippen molar-refractivity contribution in [1.82, 2.24) is 5.32 Å². The number of amidine groups is 1. The van der Waals surface area contributed by atoms with E-state index < -0.39 is 0 Å². The molecule has 0 aliphatic carbocycles. The van der Waals surface area contributed by atoms with Crippen LogP contribution in [-0.2, 0) is 4.79 Å². The predicted molar refractivity (Wildman–Crippen MR) is 99.5 cm³/mol. The molecule has 1 heterocycles. The summed E-state index contributed by atoms with van der Waals surface area (Å²) in [5.74, 6) is 1.24. The van der Waals surface area contributed by atoms with Crippen molar-refractivity contribution in [3.05, 3.63) is 59.7 Å². The summed E-state index contributed by atoms with van der Waals surface area (Å²) in [6.07, 6.45) is 1.58. The number of carbonyl (C=O) groups is 1. The van der Waals surface area contributed by atoms with E-state index in [1.807, 2.05) is 42.5 Å². The number of nitrogens with one attached hydrogen (secondary N) is 1. The van der Waals surface area contributed by atoms with Crippen LogP contribution in [0, 0.1) is 0 Å². The van der Waals surface area contributed by atoms with Crippen LogP contribution >= 0.6 is 11.8 Å². The number of thioether (sulfide) groups is 1. The van der Waals surface area contributed by atoms with Crippen LogP contribution in [0.15, 0.2) is 58.7 Å². The molecule has 2 aromatic carbocycles. The first-order valence-electron chi connectivity index (χ1n) is 7.57. The van der Waals surface area contributed by atoms with Gasteiger partial charge < -0.3 is 14.8 Å². The highest BCUT2D eigenvalue weighted by Gasteiger charge is 2.31. The Hall–Kier alpha value is -2.80. The summed E-state index contributed by atoms with van der Waals surface area (Å²) < 4.78 is 10.5. The maximum atomic E-state index is 12.1. The summed E-state index contributed by atoms with van der Waals surface area (Å²) >= 11 is 1.35. The number of hydrogen-bond acceptors (Lipinski definition) is 6. The zero-order valence-electron chi connectivity index (χ0n) is 13.8. The highest BCUT2D eigenvalue weighted by molar-refractivity contribution is 8.15. The first-order chi connectivity index (χ1) is 12.2. The largest absolute Gasteiger partial charge is 0.497 e. The Morgan fingerprint density at radius 2 is 1.92 bits per heavy atom. The number of rotatable bonds is 5. The molecule has 0 bridgehead atoms. The Kier molecular flexibility index (Phi) is 5.35. The number of methoxy groups -OCH3 is 2. The molecule has 128 valence electrons. The number of ether oxygens (including phenoxy) is 2. The topological polar surface area (TPSA) is 72.3 Å². The molecule has 3 rings (SSSR count). The Bertz CT molecular complexity index is 822. The molecule has 25 heavy (non-hydrogen) atoms. The monoisotopic (exact) mass is 355 g/mol. The van der Waals surface area contributed by atoms with E-state index in [0.29, 0.717) is 16.7 Å². The Morgan fingerprint density at radius 1 is 1.12 bits per heavy atom. The molecule has 0 aromatic heterocycles. The SMILES string of the molecule is COc1ccc(/C=N/N=C2NC(=O)[C@H](c3ccccc3)S2)c(OC)c1. The Balaban J connectivity index is 1.72. The van der Waals surface area contributed by atoms with Crippen LogP contribution < -0.4 is 14.8 Å². The fourth-order valence-electron chi connectivity index (χ4n) is 2.33. The van der Waals surface area contributed by atoms with Gasteiger partial charge in [0.25, 0.3) is 0 Å². The normalized spacial score (nSPS) is 18.6. The van der Waals surface area contributed by atoms with Gasteiger partial charge in [-0.15, -0.1) is 5.10 Å². The minimum atomic E-state index is -0.300. The minimum absolute atomic E-state index is 0.0906. The Morgan fingerprint density at radius 3 is 2.64 bits per heavy atom. The molecule has 1 aliphatic rings. The predicted octanol–water partition coefficient (Wildman–Crippen LogP) is 3.00. The van der Waals surface area contributed by atoms with Gasteiger partial charge in [-0.3, -0.25) is 4.79 Å². The second-order valence-electron chi connectivity index (χ2n) is 5.16. The van der Waals surface area contributed by atoms with Gasteiger partial charge in [-0.2, -0.15) is 5.10 Å². The maximum Gasteiger partial charge on any atom is 0.244 e. The summed E-state index contributed by atoms with van der Waals surface area (Å²) in [7, 11) is 3.17. The number of amides is 1. The summed E-state index contributed by atoms with van der Waals surface area (Å²) in [5.41, 5.74) is 1.71. The lowest BCUT2D eigenvalue weighted by atomic mass is 10.1. The first-order valence-corrected chi connectivity index (χ1v) is 8.44. The lowest BCUT2D eigenvalue weighted by Gasteiger charge is -2.06. The smallest absolute Gasteiger partial charge is 0.244 e. The van der Waals surface area contributed by atoms with E-state index in [2.05, 4.69) is 15.5 Å². The van der Waals surface area contributed by atoms with Crippen LogP contribution in [0.4, 0.5) is 0 Å². The van der Waals surface area contributed by atoms with E-state index in [1.165, 1.54) is 11.8 Å². The lowest BCUT2D eigenvalue weighted by molar-refractivity contribution is -0.118. The molecule has 1 atom stereocenters. The zero-order chi connectivity index (χ0) is 17.6. The van der Waals surface area contributed by atoms with Crippen molar-refractivity contribution in [3.8, 4) is 11.5 Å². The van der Waals surface area contributed by atoms with Gasteiger partial charge in [0.1, 0.15) is 16.7 Å². The molecular weight excluding hydrogens is 338 g/mol. The highest BCUT2D eigenvalue weighted by atomic mass is 32.2. The second-order valence-corrected chi connectivity index (χ2v) is 6.25. The van der Waals surface area contributed by atoms with E-state index >= 15 is 0 Å². The molecule has 1 amide bonds. The molecule has 7 heteroatoms. The molecule has 0 spiro atoms. The van der Waals surface area contributed by atoms with Crippen LogP contribution in [0.2, 0.25) is 0 Å².